The van der Waals surface area contributed by atoms with E-state index in [1.165, 1.54) is 0 Å². The van der Waals surface area contributed by atoms with Crippen molar-refractivity contribution in [3.63, 3.8) is 0 Å². The monoisotopic (exact) mass is 193 g/mol. The molecule has 3 nitrogen and oxygen atoms in total. The third kappa shape index (κ3) is 1.87. The molecule has 3 heteroatoms. The van der Waals surface area contributed by atoms with Gasteiger partial charge in [-0.2, -0.15) is 0 Å². The molecule has 0 saturated heterocycles. The number of rotatable bonds is 1. The molecular formula is C11H15NO2. The maximum Gasteiger partial charge on any atom is 0.258 e. The van der Waals surface area contributed by atoms with Crippen molar-refractivity contribution in [1.82, 2.24) is 4.98 Å². The summed E-state index contributed by atoms with van der Waals surface area (Å²) in [5.41, 5.74) is 0.720. The van der Waals surface area contributed by atoms with Gasteiger partial charge in [-0.1, -0.05) is 13.8 Å². The highest BCUT2D eigenvalue weighted by atomic mass is 16.5. The van der Waals surface area contributed by atoms with Gasteiger partial charge in [0.05, 0.1) is 7.11 Å². The van der Waals surface area contributed by atoms with Crippen molar-refractivity contribution in [3.05, 3.63) is 24.1 Å². The van der Waals surface area contributed by atoms with Gasteiger partial charge in [0.2, 0.25) is 0 Å². The summed E-state index contributed by atoms with van der Waals surface area (Å²) in [6, 6.07) is 3.86. The van der Waals surface area contributed by atoms with E-state index in [0.29, 0.717) is 5.88 Å². The van der Waals surface area contributed by atoms with E-state index in [0.717, 1.165) is 16.7 Å². The molecule has 0 N–H and O–H groups in total. The first-order chi connectivity index (χ1) is 6.81. The van der Waals surface area contributed by atoms with Crippen LogP contribution in [0.4, 0.5) is 0 Å². The largest absolute Gasteiger partial charge is 0.478 e. The highest BCUT2D eigenvalue weighted by Crippen LogP contribution is 2.25. The number of aromatic nitrogens is 1. The molecular weight excluding hydrogens is 178 g/mol. The standard InChI is InChI=1S/C9H9NO2.C2H6/c1-6-5-7-3-4-10-9(11-2)8(7)12-6;1-2/h3-5H,1-2H3;1-2H3. The maximum absolute atomic E-state index is 5.40. The molecule has 2 rings (SSSR count). The second-order valence-electron chi connectivity index (χ2n) is 2.60. The molecule has 0 amide bonds. The predicted octanol–water partition coefficient (Wildman–Crippen LogP) is 3.17. The molecule has 0 saturated carbocycles. The minimum Gasteiger partial charge on any atom is -0.478 e. The van der Waals surface area contributed by atoms with Gasteiger partial charge in [-0.25, -0.2) is 4.98 Å². The van der Waals surface area contributed by atoms with Crippen LogP contribution in [0.3, 0.4) is 0 Å². The Kier molecular flexibility index (Phi) is 3.51. The van der Waals surface area contributed by atoms with Crippen molar-refractivity contribution >= 4 is 11.0 Å². The highest BCUT2D eigenvalue weighted by molar-refractivity contribution is 5.81. The first kappa shape index (κ1) is 10.6. The fourth-order valence-corrected chi connectivity index (χ4v) is 1.21. The predicted molar refractivity (Wildman–Crippen MR) is 56.6 cm³/mol. The van der Waals surface area contributed by atoms with Crippen LogP contribution in [0.1, 0.15) is 19.6 Å². The molecule has 2 aromatic rings. The van der Waals surface area contributed by atoms with Crippen LogP contribution < -0.4 is 4.74 Å². The molecule has 0 radical (unpaired) electrons. The summed E-state index contributed by atoms with van der Waals surface area (Å²) in [6.07, 6.45) is 1.70. The van der Waals surface area contributed by atoms with Crippen molar-refractivity contribution in [2.75, 3.05) is 7.11 Å². The number of nitrogens with zero attached hydrogens (tertiary/aromatic N) is 1. The molecule has 0 bridgehead atoms. The first-order valence-corrected chi connectivity index (χ1v) is 4.70. The van der Waals surface area contributed by atoms with Crippen LogP contribution >= 0.6 is 0 Å². The summed E-state index contributed by atoms with van der Waals surface area (Å²) in [5.74, 6) is 1.41. The molecule has 0 aromatic carbocycles. The van der Waals surface area contributed by atoms with Gasteiger partial charge in [0.25, 0.3) is 5.88 Å². The number of aryl methyl sites for hydroxylation is 1. The number of fused-ring (bicyclic) bond motifs is 1. The van der Waals surface area contributed by atoms with Crippen molar-refractivity contribution in [2.45, 2.75) is 20.8 Å². The lowest BCUT2D eigenvalue weighted by Gasteiger charge is -1.96. The van der Waals surface area contributed by atoms with Crippen LogP contribution in [0.2, 0.25) is 0 Å². The summed E-state index contributed by atoms with van der Waals surface area (Å²) in [6.45, 7) is 5.90. The average molecular weight is 193 g/mol. The minimum absolute atomic E-state index is 0.542. The molecule has 0 unspecified atom stereocenters. The normalized spacial score (nSPS) is 9.43. The summed E-state index contributed by atoms with van der Waals surface area (Å²) in [4.78, 5) is 4.02. The highest BCUT2D eigenvalue weighted by Gasteiger charge is 2.06. The fourth-order valence-electron chi connectivity index (χ4n) is 1.21. The fraction of sp³-hybridized carbons (Fsp3) is 0.364. The molecule has 2 heterocycles. The average Bonchev–Trinajstić information content (AvgIpc) is 2.60. The van der Waals surface area contributed by atoms with Gasteiger partial charge in [-0.05, 0) is 19.1 Å². The van der Waals surface area contributed by atoms with E-state index in [1.807, 2.05) is 32.9 Å². The second-order valence-corrected chi connectivity index (χ2v) is 2.60. The van der Waals surface area contributed by atoms with Gasteiger partial charge >= 0.3 is 0 Å². The molecule has 0 spiro atoms. The topological polar surface area (TPSA) is 35.3 Å². The molecule has 2 aromatic heterocycles. The third-order valence-electron chi connectivity index (χ3n) is 1.72. The van der Waals surface area contributed by atoms with E-state index in [-0.39, 0.29) is 0 Å². The van der Waals surface area contributed by atoms with E-state index in [2.05, 4.69) is 4.98 Å². The smallest absolute Gasteiger partial charge is 0.258 e. The summed E-state index contributed by atoms with van der Waals surface area (Å²) in [5, 5.41) is 1.03. The van der Waals surface area contributed by atoms with Crippen LogP contribution in [0.5, 0.6) is 5.88 Å². The van der Waals surface area contributed by atoms with Crippen molar-refractivity contribution in [3.8, 4) is 5.88 Å². The second kappa shape index (κ2) is 4.65. The molecule has 0 aliphatic heterocycles. The Hall–Kier alpha value is -1.51. The summed E-state index contributed by atoms with van der Waals surface area (Å²) >= 11 is 0. The molecule has 14 heavy (non-hydrogen) atoms. The lowest BCUT2D eigenvalue weighted by molar-refractivity contribution is 0.392. The Morgan fingerprint density at radius 3 is 2.71 bits per heavy atom. The Labute approximate surface area is 83.7 Å². The lowest BCUT2D eigenvalue weighted by Crippen LogP contribution is -1.85. The van der Waals surface area contributed by atoms with Crippen LogP contribution in [-0.2, 0) is 0 Å². The zero-order valence-corrected chi connectivity index (χ0v) is 9.00. The Morgan fingerprint density at radius 2 is 2.07 bits per heavy atom. The molecule has 76 valence electrons. The van der Waals surface area contributed by atoms with E-state index in [1.54, 1.807) is 13.3 Å². The van der Waals surface area contributed by atoms with Gasteiger partial charge in [0.1, 0.15) is 5.76 Å². The number of hydrogen-bond acceptors (Lipinski definition) is 3. The number of hydrogen-bond donors (Lipinski definition) is 0. The van der Waals surface area contributed by atoms with Gasteiger partial charge in [-0.3, -0.25) is 0 Å². The van der Waals surface area contributed by atoms with Crippen LogP contribution in [-0.4, -0.2) is 12.1 Å². The van der Waals surface area contributed by atoms with Crippen molar-refractivity contribution < 1.29 is 9.15 Å². The van der Waals surface area contributed by atoms with E-state index in [4.69, 9.17) is 9.15 Å². The maximum atomic E-state index is 5.40. The van der Waals surface area contributed by atoms with Gasteiger partial charge in [-0.15, -0.1) is 0 Å². The molecule has 0 aliphatic carbocycles. The molecule has 0 atom stereocenters. The minimum atomic E-state index is 0.542. The van der Waals surface area contributed by atoms with E-state index in [9.17, 15) is 0 Å². The molecule has 0 aliphatic rings. The number of methoxy groups -OCH3 is 1. The number of furan rings is 1. The number of pyridine rings is 1. The summed E-state index contributed by atoms with van der Waals surface area (Å²) < 4.78 is 10.4. The van der Waals surface area contributed by atoms with E-state index < -0.39 is 0 Å². The third-order valence-corrected chi connectivity index (χ3v) is 1.72. The first-order valence-electron chi connectivity index (χ1n) is 4.70. The lowest BCUT2D eigenvalue weighted by atomic mass is 10.3. The van der Waals surface area contributed by atoms with Crippen LogP contribution in [0, 0.1) is 6.92 Å². The Morgan fingerprint density at radius 1 is 1.36 bits per heavy atom. The van der Waals surface area contributed by atoms with Crippen molar-refractivity contribution in [2.24, 2.45) is 0 Å². The summed E-state index contributed by atoms with van der Waals surface area (Å²) in [7, 11) is 1.58. The van der Waals surface area contributed by atoms with Crippen LogP contribution in [0.15, 0.2) is 22.7 Å². The van der Waals surface area contributed by atoms with Gasteiger partial charge in [0, 0.05) is 11.6 Å². The quantitative estimate of drug-likeness (QED) is 0.697. The van der Waals surface area contributed by atoms with Gasteiger partial charge < -0.3 is 9.15 Å². The van der Waals surface area contributed by atoms with Crippen molar-refractivity contribution in [1.29, 1.82) is 0 Å². The molecule has 0 fully saturated rings. The number of ether oxygens (including phenoxy) is 1. The zero-order valence-electron chi connectivity index (χ0n) is 9.00. The zero-order chi connectivity index (χ0) is 10.6. The van der Waals surface area contributed by atoms with Crippen LogP contribution in [0.25, 0.3) is 11.0 Å². The Balaban J connectivity index is 0.000000461. The van der Waals surface area contributed by atoms with Gasteiger partial charge in [0.15, 0.2) is 5.58 Å². The SMILES string of the molecule is CC.COc1nccc2cc(C)oc12. The van der Waals surface area contributed by atoms with E-state index >= 15 is 0 Å². The Bertz CT molecular complexity index is 407.